The fourth-order valence-electron chi connectivity index (χ4n) is 1.40. The normalized spacial score (nSPS) is 19.3. The summed E-state index contributed by atoms with van der Waals surface area (Å²) in [4.78, 5) is 30.2. The van der Waals surface area contributed by atoms with Crippen LogP contribution in [0.15, 0.2) is 12.3 Å². The molecule has 1 fully saturated rings. The first-order valence-electron chi connectivity index (χ1n) is 4.71. The van der Waals surface area contributed by atoms with Gasteiger partial charge in [0, 0.05) is 19.2 Å². The van der Waals surface area contributed by atoms with Crippen molar-refractivity contribution in [1.82, 2.24) is 15.3 Å². The maximum Gasteiger partial charge on any atom is 0.232 e. The first-order valence-corrected chi connectivity index (χ1v) is 5.09. The summed E-state index contributed by atoms with van der Waals surface area (Å²) in [6.45, 7) is 0.352. The topological polar surface area (TPSA) is 84.0 Å². The molecule has 0 bridgehead atoms. The lowest BCUT2D eigenvalue weighted by Gasteiger charge is -2.07. The fourth-order valence-corrected chi connectivity index (χ4v) is 1.54. The number of rotatable bonds is 2. The van der Waals surface area contributed by atoms with Crippen LogP contribution in [0.5, 0.6) is 0 Å². The third-order valence-corrected chi connectivity index (χ3v) is 2.42. The summed E-state index contributed by atoms with van der Waals surface area (Å²) in [6, 6.07) is 1.51. The lowest BCUT2D eigenvalue weighted by molar-refractivity contribution is -0.123. The summed E-state index contributed by atoms with van der Waals surface area (Å²) in [5.41, 5.74) is 0. The van der Waals surface area contributed by atoms with E-state index in [0.29, 0.717) is 6.54 Å². The first kappa shape index (κ1) is 10.8. The van der Waals surface area contributed by atoms with Gasteiger partial charge in [0.25, 0.3) is 0 Å². The van der Waals surface area contributed by atoms with Gasteiger partial charge in [0.15, 0.2) is 0 Å². The quantitative estimate of drug-likeness (QED) is 0.724. The van der Waals surface area contributed by atoms with Crippen molar-refractivity contribution in [2.45, 2.75) is 6.42 Å². The highest BCUT2D eigenvalue weighted by molar-refractivity contribution is 6.29. The highest BCUT2D eigenvalue weighted by Gasteiger charge is 2.28. The zero-order valence-corrected chi connectivity index (χ0v) is 8.99. The van der Waals surface area contributed by atoms with Crippen LogP contribution in [0.2, 0.25) is 5.15 Å². The molecule has 7 heteroatoms. The molecule has 0 saturated carbocycles. The van der Waals surface area contributed by atoms with Crippen molar-refractivity contribution in [2.75, 3.05) is 11.9 Å². The van der Waals surface area contributed by atoms with Gasteiger partial charge in [0.1, 0.15) is 5.15 Å². The Kier molecular flexibility index (Phi) is 3.00. The molecule has 1 saturated heterocycles. The van der Waals surface area contributed by atoms with Crippen molar-refractivity contribution in [1.29, 1.82) is 0 Å². The Hall–Kier alpha value is -1.69. The summed E-state index contributed by atoms with van der Waals surface area (Å²) >= 11 is 5.64. The molecule has 2 heterocycles. The van der Waals surface area contributed by atoms with Crippen LogP contribution in [-0.4, -0.2) is 28.3 Å². The van der Waals surface area contributed by atoms with E-state index in [0.717, 1.165) is 0 Å². The van der Waals surface area contributed by atoms with E-state index >= 15 is 0 Å². The van der Waals surface area contributed by atoms with Crippen LogP contribution in [0.4, 0.5) is 5.95 Å². The van der Waals surface area contributed by atoms with E-state index in [9.17, 15) is 9.59 Å². The zero-order valence-electron chi connectivity index (χ0n) is 8.24. The molecule has 1 aliphatic rings. The number of amides is 2. The molecule has 1 unspecified atom stereocenters. The lowest BCUT2D eigenvalue weighted by Crippen LogP contribution is -2.25. The summed E-state index contributed by atoms with van der Waals surface area (Å²) < 4.78 is 0. The summed E-state index contributed by atoms with van der Waals surface area (Å²) in [7, 11) is 0. The van der Waals surface area contributed by atoms with E-state index < -0.39 is 0 Å². The average molecular weight is 241 g/mol. The Bertz CT molecular complexity index is 437. The first-order chi connectivity index (χ1) is 7.65. The van der Waals surface area contributed by atoms with E-state index in [1.807, 2.05) is 0 Å². The minimum atomic E-state index is -0.366. The highest BCUT2D eigenvalue weighted by Crippen LogP contribution is 2.12. The van der Waals surface area contributed by atoms with E-state index in [-0.39, 0.29) is 35.3 Å². The maximum absolute atomic E-state index is 11.6. The van der Waals surface area contributed by atoms with Gasteiger partial charge in [-0.2, -0.15) is 0 Å². The average Bonchev–Trinajstić information content (AvgIpc) is 2.65. The van der Waals surface area contributed by atoms with Crippen molar-refractivity contribution in [3.8, 4) is 0 Å². The van der Waals surface area contributed by atoms with Crippen molar-refractivity contribution in [3.05, 3.63) is 17.4 Å². The molecule has 16 heavy (non-hydrogen) atoms. The maximum atomic E-state index is 11.6. The number of hydrogen-bond acceptors (Lipinski definition) is 4. The molecule has 6 nitrogen and oxygen atoms in total. The largest absolute Gasteiger partial charge is 0.355 e. The van der Waals surface area contributed by atoms with Gasteiger partial charge < -0.3 is 5.32 Å². The second kappa shape index (κ2) is 4.44. The monoisotopic (exact) mass is 240 g/mol. The van der Waals surface area contributed by atoms with Crippen LogP contribution in [0.3, 0.4) is 0 Å². The van der Waals surface area contributed by atoms with E-state index in [2.05, 4.69) is 20.6 Å². The molecule has 1 aromatic rings. The third kappa shape index (κ3) is 2.46. The van der Waals surface area contributed by atoms with Crippen LogP contribution in [0.1, 0.15) is 6.42 Å². The molecule has 0 aliphatic carbocycles. The number of hydrogen-bond donors (Lipinski definition) is 2. The van der Waals surface area contributed by atoms with Gasteiger partial charge in [-0.05, 0) is 6.07 Å². The smallest absolute Gasteiger partial charge is 0.232 e. The van der Waals surface area contributed by atoms with Gasteiger partial charge in [-0.3, -0.25) is 14.9 Å². The Morgan fingerprint density at radius 3 is 3.06 bits per heavy atom. The molecule has 0 radical (unpaired) electrons. The van der Waals surface area contributed by atoms with Gasteiger partial charge in [0.2, 0.25) is 17.8 Å². The number of aromatic nitrogens is 2. The summed E-state index contributed by atoms with van der Waals surface area (Å²) in [5, 5.41) is 5.34. The predicted octanol–water partition coefficient (Wildman–Crippen LogP) is 0.205. The molecule has 2 amide bonds. The Balaban J connectivity index is 1.99. The van der Waals surface area contributed by atoms with Crippen LogP contribution in [-0.2, 0) is 9.59 Å². The van der Waals surface area contributed by atoms with E-state index in [1.54, 1.807) is 0 Å². The zero-order chi connectivity index (χ0) is 11.5. The summed E-state index contributed by atoms with van der Waals surface area (Å²) in [5.74, 6) is -0.611. The Labute approximate surface area is 96.4 Å². The Morgan fingerprint density at radius 2 is 2.44 bits per heavy atom. The van der Waals surface area contributed by atoms with Crippen LogP contribution in [0.25, 0.3) is 0 Å². The van der Waals surface area contributed by atoms with Crippen molar-refractivity contribution in [2.24, 2.45) is 5.92 Å². The summed E-state index contributed by atoms with van der Waals surface area (Å²) in [6.07, 6.45) is 1.65. The van der Waals surface area contributed by atoms with Gasteiger partial charge in [-0.15, -0.1) is 0 Å². The molecule has 2 N–H and O–H groups in total. The Morgan fingerprint density at radius 1 is 1.62 bits per heavy atom. The highest BCUT2D eigenvalue weighted by atomic mass is 35.5. The van der Waals surface area contributed by atoms with Gasteiger partial charge in [-0.1, -0.05) is 11.6 Å². The van der Waals surface area contributed by atoms with Gasteiger partial charge in [-0.25, -0.2) is 9.97 Å². The molecule has 0 spiro atoms. The van der Waals surface area contributed by atoms with E-state index in [1.165, 1.54) is 12.3 Å². The number of carbonyl (C=O) groups excluding carboxylic acids is 2. The van der Waals surface area contributed by atoms with Crippen LogP contribution < -0.4 is 10.6 Å². The second-order valence-electron chi connectivity index (χ2n) is 3.40. The minimum Gasteiger partial charge on any atom is -0.355 e. The fraction of sp³-hybridized carbons (Fsp3) is 0.333. The molecular formula is C9H9ClN4O2. The van der Waals surface area contributed by atoms with Gasteiger partial charge >= 0.3 is 0 Å². The van der Waals surface area contributed by atoms with Crippen LogP contribution >= 0.6 is 11.6 Å². The van der Waals surface area contributed by atoms with Crippen molar-refractivity contribution in [3.63, 3.8) is 0 Å². The molecule has 1 aliphatic heterocycles. The van der Waals surface area contributed by atoms with Gasteiger partial charge in [0.05, 0.1) is 5.92 Å². The molecule has 1 aromatic heterocycles. The third-order valence-electron chi connectivity index (χ3n) is 2.20. The minimum absolute atomic E-state index is 0.118. The molecule has 0 aromatic carbocycles. The standard InChI is InChI=1S/C9H9ClN4O2/c10-6-1-2-11-9(13-6)14-8(16)5-3-7(15)12-4-5/h1-2,5H,3-4H2,(H,12,15)(H,11,13,14,16). The number of nitrogens with one attached hydrogen (secondary N) is 2. The number of halogens is 1. The SMILES string of the molecule is O=C1CC(C(=O)Nc2nccc(Cl)n2)CN1. The molecule has 2 rings (SSSR count). The van der Waals surface area contributed by atoms with Crippen molar-refractivity contribution < 1.29 is 9.59 Å². The number of carbonyl (C=O) groups is 2. The second-order valence-corrected chi connectivity index (χ2v) is 3.78. The molecule has 84 valence electrons. The molecule has 1 atom stereocenters. The molecular weight excluding hydrogens is 232 g/mol. The number of anilines is 1. The lowest BCUT2D eigenvalue weighted by atomic mass is 10.1. The van der Waals surface area contributed by atoms with Crippen molar-refractivity contribution >= 4 is 29.4 Å². The van der Waals surface area contributed by atoms with Crippen LogP contribution in [0, 0.1) is 5.92 Å². The van der Waals surface area contributed by atoms with E-state index in [4.69, 9.17) is 11.6 Å². The number of nitrogens with zero attached hydrogens (tertiary/aromatic N) is 2. The predicted molar refractivity (Wildman–Crippen MR) is 56.8 cm³/mol.